The summed E-state index contributed by atoms with van der Waals surface area (Å²) in [6, 6.07) is -0.0282. The Morgan fingerprint density at radius 3 is 3.04 bits per heavy atom. The Morgan fingerprint density at radius 1 is 1.50 bits per heavy atom. The number of carbonyl (C=O) groups is 1. The summed E-state index contributed by atoms with van der Waals surface area (Å²) in [6.45, 7) is 5.20. The van der Waals surface area contributed by atoms with E-state index < -0.39 is 12.3 Å². The average Bonchev–Trinajstić information content (AvgIpc) is 3.11. The van der Waals surface area contributed by atoms with Crippen LogP contribution in [-0.2, 0) is 16.1 Å². The molecule has 0 spiro atoms. The number of alkyl halides is 1. The SMILES string of the molecule is Cc1oncc1CN1C[C@@H](F)C[C@H]1CNC(=O)C1CN(C)CCO1. The molecule has 1 unspecified atom stereocenters. The molecule has 1 aromatic rings. The zero-order chi connectivity index (χ0) is 17.1. The second-order valence-electron chi connectivity index (χ2n) is 6.69. The second-order valence-corrected chi connectivity index (χ2v) is 6.69. The summed E-state index contributed by atoms with van der Waals surface area (Å²) in [7, 11) is 1.97. The summed E-state index contributed by atoms with van der Waals surface area (Å²) in [4.78, 5) is 16.4. The monoisotopic (exact) mass is 340 g/mol. The van der Waals surface area contributed by atoms with Crippen molar-refractivity contribution in [3.63, 3.8) is 0 Å². The minimum atomic E-state index is -0.871. The Morgan fingerprint density at radius 2 is 2.33 bits per heavy atom. The van der Waals surface area contributed by atoms with Crippen LogP contribution < -0.4 is 5.32 Å². The third-order valence-corrected chi connectivity index (χ3v) is 4.77. The number of aryl methyl sites for hydroxylation is 1. The van der Waals surface area contributed by atoms with Gasteiger partial charge in [-0.15, -0.1) is 0 Å². The summed E-state index contributed by atoms with van der Waals surface area (Å²) >= 11 is 0. The molecule has 3 heterocycles. The highest BCUT2D eigenvalue weighted by molar-refractivity contribution is 5.81. The van der Waals surface area contributed by atoms with Crippen molar-refractivity contribution in [3.8, 4) is 0 Å². The molecule has 3 rings (SSSR count). The van der Waals surface area contributed by atoms with Crippen LogP contribution in [0, 0.1) is 6.92 Å². The third kappa shape index (κ3) is 4.12. The Labute approximate surface area is 141 Å². The fraction of sp³-hybridized carbons (Fsp3) is 0.750. The number of ether oxygens (including phenoxy) is 1. The number of halogens is 1. The van der Waals surface area contributed by atoms with E-state index in [2.05, 4.69) is 15.4 Å². The fourth-order valence-corrected chi connectivity index (χ4v) is 3.29. The third-order valence-electron chi connectivity index (χ3n) is 4.77. The van der Waals surface area contributed by atoms with E-state index in [1.54, 1.807) is 6.20 Å². The molecule has 24 heavy (non-hydrogen) atoms. The van der Waals surface area contributed by atoms with E-state index in [1.807, 2.05) is 18.9 Å². The molecule has 0 radical (unpaired) electrons. The zero-order valence-electron chi connectivity index (χ0n) is 14.2. The van der Waals surface area contributed by atoms with Gasteiger partial charge in [-0.25, -0.2) is 4.39 Å². The smallest absolute Gasteiger partial charge is 0.250 e. The van der Waals surface area contributed by atoms with Crippen LogP contribution in [0.2, 0.25) is 0 Å². The lowest BCUT2D eigenvalue weighted by Crippen LogP contribution is -2.50. The highest BCUT2D eigenvalue weighted by atomic mass is 19.1. The van der Waals surface area contributed by atoms with Crippen LogP contribution in [0.25, 0.3) is 0 Å². The first-order valence-corrected chi connectivity index (χ1v) is 8.39. The molecule has 7 nitrogen and oxygen atoms in total. The quantitative estimate of drug-likeness (QED) is 0.834. The Balaban J connectivity index is 1.52. The Hall–Kier alpha value is -1.51. The molecular formula is C16H25FN4O3. The predicted octanol–water partition coefficient (Wildman–Crippen LogP) is 0.342. The lowest BCUT2D eigenvalue weighted by Gasteiger charge is -2.30. The van der Waals surface area contributed by atoms with Gasteiger partial charge in [0.15, 0.2) is 0 Å². The number of likely N-dealkylation sites (N-methyl/N-ethyl adjacent to an activating group) is 1. The van der Waals surface area contributed by atoms with E-state index in [0.29, 0.717) is 39.2 Å². The van der Waals surface area contributed by atoms with E-state index in [9.17, 15) is 9.18 Å². The highest BCUT2D eigenvalue weighted by Gasteiger charge is 2.33. The number of amides is 1. The lowest BCUT2D eigenvalue weighted by atomic mass is 10.2. The molecule has 3 atom stereocenters. The van der Waals surface area contributed by atoms with Crippen LogP contribution >= 0.6 is 0 Å². The number of aromatic nitrogens is 1. The highest BCUT2D eigenvalue weighted by Crippen LogP contribution is 2.23. The van der Waals surface area contributed by atoms with Crippen molar-refractivity contribution in [1.82, 2.24) is 20.3 Å². The number of morpholine rings is 1. The first-order chi connectivity index (χ1) is 11.5. The molecule has 2 aliphatic heterocycles. The van der Waals surface area contributed by atoms with E-state index in [1.165, 1.54) is 0 Å². The van der Waals surface area contributed by atoms with Gasteiger partial charge in [0.1, 0.15) is 18.0 Å². The summed E-state index contributed by atoms with van der Waals surface area (Å²) < 4.78 is 24.4. The van der Waals surface area contributed by atoms with Crippen molar-refractivity contribution < 1.29 is 18.4 Å². The molecule has 1 amide bonds. The number of rotatable bonds is 5. The Kier molecular flexibility index (Phi) is 5.47. The van der Waals surface area contributed by atoms with Crippen LogP contribution in [0.3, 0.4) is 0 Å². The number of hydrogen-bond acceptors (Lipinski definition) is 6. The molecule has 0 aromatic carbocycles. The number of likely N-dealkylation sites (tertiary alicyclic amines) is 1. The minimum Gasteiger partial charge on any atom is -0.366 e. The van der Waals surface area contributed by atoms with Crippen molar-refractivity contribution in [2.75, 3.05) is 39.8 Å². The summed E-state index contributed by atoms with van der Waals surface area (Å²) in [5.74, 6) is 0.628. The van der Waals surface area contributed by atoms with Crippen molar-refractivity contribution in [2.24, 2.45) is 0 Å². The van der Waals surface area contributed by atoms with Gasteiger partial charge in [0.25, 0.3) is 5.91 Å². The van der Waals surface area contributed by atoms with Gasteiger partial charge in [-0.2, -0.15) is 0 Å². The fourth-order valence-electron chi connectivity index (χ4n) is 3.29. The van der Waals surface area contributed by atoms with Gasteiger partial charge in [-0.1, -0.05) is 5.16 Å². The molecule has 2 saturated heterocycles. The van der Waals surface area contributed by atoms with Gasteiger partial charge < -0.3 is 19.5 Å². The maximum atomic E-state index is 13.9. The molecule has 1 aromatic heterocycles. The van der Waals surface area contributed by atoms with E-state index in [0.717, 1.165) is 17.9 Å². The average molecular weight is 340 g/mol. The summed E-state index contributed by atoms with van der Waals surface area (Å²) in [6.07, 6.45) is 0.780. The van der Waals surface area contributed by atoms with Gasteiger partial charge in [-0.05, 0) is 20.4 Å². The molecule has 0 saturated carbocycles. The normalized spacial score (nSPS) is 29.0. The van der Waals surface area contributed by atoms with Gasteiger partial charge in [0, 0.05) is 44.3 Å². The van der Waals surface area contributed by atoms with E-state index in [4.69, 9.17) is 9.26 Å². The van der Waals surface area contributed by atoms with Crippen molar-refractivity contribution >= 4 is 5.91 Å². The van der Waals surface area contributed by atoms with Gasteiger partial charge in [0.2, 0.25) is 0 Å². The van der Waals surface area contributed by atoms with Crippen LogP contribution in [0.15, 0.2) is 10.7 Å². The van der Waals surface area contributed by atoms with E-state index in [-0.39, 0.29) is 11.9 Å². The predicted molar refractivity (Wildman–Crippen MR) is 85.2 cm³/mol. The number of hydrogen-bond donors (Lipinski definition) is 1. The second kappa shape index (κ2) is 7.58. The zero-order valence-corrected chi connectivity index (χ0v) is 14.2. The molecular weight excluding hydrogens is 315 g/mol. The number of nitrogens with zero attached hydrogens (tertiary/aromatic N) is 3. The Bertz CT molecular complexity index is 567. The van der Waals surface area contributed by atoms with Gasteiger partial charge in [0.05, 0.1) is 12.8 Å². The molecule has 8 heteroatoms. The maximum Gasteiger partial charge on any atom is 0.250 e. The van der Waals surface area contributed by atoms with Crippen LogP contribution in [-0.4, -0.2) is 79.0 Å². The van der Waals surface area contributed by atoms with Crippen molar-refractivity contribution in [1.29, 1.82) is 0 Å². The van der Waals surface area contributed by atoms with E-state index >= 15 is 0 Å². The number of carbonyl (C=O) groups excluding carboxylic acids is 1. The summed E-state index contributed by atoms with van der Waals surface area (Å²) in [5.41, 5.74) is 0.956. The van der Waals surface area contributed by atoms with Crippen LogP contribution in [0.1, 0.15) is 17.7 Å². The maximum absolute atomic E-state index is 13.9. The van der Waals surface area contributed by atoms with Gasteiger partial charge in [-0.3, -0.25) is 9.69 Å². The molecule has 0 bridgehead atoms. The first-order valence-electron chi connectivity index (χ1n) is 8.39. The number of nitrogens with one attached hydrogen (secondary N) is 1. The largest absolute Gasteiger partial charge is 0.366 e. The van der Waals surface area contributed by atoms with Crippen LogP contribution in [0.5, 0.6) is 0 Å². The van der Waals surface area contributed by atoms with Crippen LogP contribution in [0.4, 0.5) is 4.39 Å². The molecule has 2 fully saturated rings. The first kappa shape index (κ1) is 17.3. The molecule has 1 N–H and O–H groups in total. The standard InChI is InChI=1S/C16H25FN4O3/c1-11-12(6-19-24-11)8-21-9-13(17)5-14(21)7-18-16(22)15-10-20(2)3-4-23-15/h6,13-15H,3-5,7-10H2,1-2H3,(H,18,22)/t13-,14-,15?/m0/s1. The van der Waals surface area contributed by atoms with Crippen molar-refractivity contribution in [2.45, 2.75) is 38.2 Å². The topological polar surface area (TPSA) is 70.8 Å². The molecule has 0 aliphatic carbocycles. The minimum absolute atomic E-state index is 0.0282. The molecule has 134 valence electrons. The van der Waals surface area contributed by atoms with Gasteiger partial charge >= 0.3 is 0 Å². The molecule has 2 aliphatic rings. The summed E-state index contributed by atoms with van der Waals surface area (Å²) in [5, 5.41) is 6.69. The van der Waals surface area contributed by atoms with Crippen molar-refractivity contribution in [3.05, 3.63) is 17.5 Å². The lowest BCUT2D eigenvalue weighted by molar-refractivity contribution is -0.138.